The van der Waals surface area contributed by atoms with E-state index in [0.717, 1.165) is 6.42 Å². The van der Waals surface area contributed by atoms with Gasteiger partial charge < -0.3 is 5.11 Å². The summed E-state index contributed by atoms with van der Waals surface area (Å²) in [5, 5.41) is 8.28. The van der Waals surface area contributed by atoms with E-state index in [4.69, 9.17) is 5.11 Å². The van der Waals surface area contributed by atoms with Crippen LogP contribution in [-0.4, -0.2) is 11.1 Å². The maximum atomic E-state index is 10.1. The van der Waals surface area contributed by atoms with E-state index in [1.807, 2.05) is 6.92 Å². The predicted molar refractivity (Wildman–Crippen MR) is 29.5 cm³/mol. The molecule has 1 rings (SSSR count). The molecule has 1 unspecified atom stereocenters. The van der Waals surface area contributed by atoms with Gasteiger partial charge in [-0.3, -0.25) is 0 Å². The number of rotatable bonds is 1. The average Bonchev–Trinajstić information content (AvgIpc) is 1.57. The van der Waals surface area contributed by atoms with Gasteiger partial charge in [0, 0.05) is 5.57 Å². The zero-order valence-electron chi connectivity index (χ0n) is 4.72. The first kappa shape index (κ1) is 5.35. The average molecular weight is 112 g/mol. The molecule has 2 nitrogen and oxygen atoms in total. The van der Waals surface area contributed by atoms with Gasteiger partial charge in [0.15, 0.2) is 0 Å². The Hall–Kier alpha value is -0.790. The topological polar surface area (TPSA) is 37.3 Å². The molecule has 0 amide bonds. The molecule has 44 valence electrons. The predicted octanol–water partition coefficient (Wildman–Crippen LogP) is 1.04. The minimum Gasteiger partial charge on any atom is -0.478 e. The fourth-order valence-electron chi connectivity index (χ4n) is 0.815. The summed E-state index contributed by atoms with van der Waals surface area (Å²) in [6.45, 7) is 2.01. The molecule has 0 aliphatic heterocycles. The highest BCUT2D eigenvalue weighted by Gasteiger charge is 2.19. The number of carboxylic acid groups (broad SMARTS) is 1. The van der Waals surface area contributed by atoms with Crippen LogP contribution in [-0.2, 0) is 4.79 Å². The van der Waals surface area contributed by atoms with Crippen molar-refractivity contribution in [1.29, 1.82) is 0 Å². The Balaban J connectivity index is 2.54. The van der Waals surface area contributed by atoms with Crippen molar-refractivity contribution >= 4 is 5.97 Å². The minimum absolute atomic E-state index is 0.487. The number of carboxylic acids is 1. The third kappa shape index (κ3) is 0.735. The Kier molecular flexibility index (Phi) is 1.08. The Morgan fingerprint density at radius 2 is 2.50 bits per heavy atom. The van der Waals surface area contributed by atoms with Crippen molar-refractivity contribution < 1.29 is 9.90 Å². The second-order valence-electron chi connectivity index (χ2n) is 2.18. The van der Waals surface area contributed by atoms with Gasteiger partial charge in [-0.15, -0.1) is 0 Å². The van der Waals surface area contributed by atoms with Gasteiger partial charge in [-0.25, -0.2) is 4.79 Å². The molecule has 1 atom stereocenters. The highest BCUT2D eigenvalue weighted by molar-refractivity contribution is 5.88. The molecular formula is C6H8O2. The van der Waals surface area contributed by atoms with Crippen LogP contribution in [0.5, 0.6) is 0 Å². The van der Waals surface area contributed by atoms with Gasteiger partial charge in [0.25, 0.3) is 0 Å². The minimum atomic E-state index is -0.761. The number of carbonyl (C=O) groups is 1. The Bertz CT molecular complexity index is 147. The standard InChI is InChI=1S/C6H8O2/c1-4-2-5(3-4)6(7)8/h2,4H,3H2,1H3,(H,7,8). The van der Waals surface area contributed by atoms with Gasteiger partial charge in [-0.1, -0.05) is 13.0 Å². The molecule has 0 saturated heterocycles. The SMILES string of the molecule is CC1C=C(C(=O)O)C1. The van der Waals surface area contributed by atoms with Crippen LogP contribution >= 0.6 is 0 Å². The van der Waals surface area contributed by atoms with E-state index in [9.17, 15) is 4.79 Å². The molecule has 0 aromatic heterocycles. The van der Waals surface area contributed by atoms with Crippen molar-refractivity contribution in [2.75, 3.05) is 0 Å². The number of allylic oxidation sites excluding steroid dienone is 1. The van der Waals surface area contributed by atoms with Crippen molar-refractivity contribution in [3.05, 3.63) is 11.6 Å². The lowest BCUT2D eigenvalue weighted by Gasteiger charge is -2.16. The van der Waals surface area contributed by atoms with E-state index in [0.29, 0.717) is 11.5 Å². The molecule has 0 heterocycles. The first-order valence-electron chi connectivity index (χ1n) is 2.64. The molecule has 0 fully saturated rings. The molecule has 8 heavy (non-hydrogen) atoms. The first-order chi connectivity index (χ1) is 3.70. The molecule has 0 aromatic rings. The summed E-state index contributed by atoms with van der Waals surface area (Å²) < 4.78 is 0. The largest absolute Gasteiger partial charge is 0.478 e. The molecule has 2 heteroatoms. The normalized spacial score (nSPS) is 26.1. The zero-order chi connectivity index (χ0) is 6.15. The van der Waals surface area contributed by atoms with Crippen LogP contribution < -0.4 is 0 Å². The van der Waals surface area contributed by atoms with E-state index < -0.39 is 5.97 Å². The van der Waals surface area contributed by atoms with Crippen molar-refractivity contribution in [2.45, 2.75) is 13.3 Å². The molecule has 0 aromatic carbocycles. The van der Waals surface area contributed by atoms with Crippen LogP contribution in [0.1, 0.15) is 13.3 Å². The summed E-state index contributed by atoms with van der Waals surface area (Å²) in [6.07, 6.45) is 2.53. The zero-order valence-corrected chi connectivity index (χ0v) is 4.72. The van der Waals surface area contributed by atoms with Crippen LogP contribution in [0.2, 0.25) is 0 Å². The van der Waals surface area contributed by atoms with Gasteiger partial charge in [0.2, 0.25) is 0 Å². The van der Waals surface area contributed by atoms with Gasteiger partial charge in [0.05, 0.1) is 0 Å². The molecular weight excluding hydrogens is 104 g/mol. The molecule has 1 aliphatic rings. The first-order valence-corrected chi connectivity index (χ1v) is 2.64. The van der Waals surface area contributed by atoms with E-state index in [2.05, 4.69) is 0 Å². The fourth-order valence-corrected chi connectivity index (χ4v) is 0.815. The highest BCUT2D eigenvalue weighted by Crippen LogP contribution is 2.24. The fraction of sp³-hybridized carbons (Fsp3) is 0.500. The lowest BCUT2D eigenvalue weighted by atomic mass is 9.88. The monoisotopic (exact) mass is 112 g/mol. The quantitative estimate of drug-likeness (QED) is 0.550. The van der Waals surface area contributed by atoms with Gasteiger partial charge in [0.1, 0.15) is 0 Å². The van der Waals surface area contributed by atoms with Crippen LogP contribution in [0.25, 0.3) is 0 Å². The number of hydrogen-bond acceptors (Lipinski definition) is 1. The highest BCUT2D eigenvalue weighted by atomic mass is 16.4. The van der Waals surface area contributed by atoms with Crippen molar-refractivity contribution in [2.24, 2.45) is 5.92 Å². The second kappa shape index (κ2) is 1.62. The summed E-state index contributed by atoms with van der Waals surface area (Å²) >= 11 is 0. The smallest absolute Gasteiger partial charge is 0.331 e. The lowest BCUT2D eigenvalue weighted by Crippen LogP contribution is -2.13. The lowest BCUT2D eigenvalue weighted by molar-refractivity contribution is -0.133. The van der Waals surface area contributed by atoms with Gasteiger partial charge in [-0.2, -0.15) is 0 Å². The van der Waals surface area contributed by atoms with Crippen molar-refractivity contribution in [3.8, 4) is 0 Å². The van der Waals surface area contributed by atoms with Gasteiger partial charge >= 0.3 is 5.97 Å². The molecule has 0 bridgehead atoms. The van der Waals surface area contributed by atoms with Gasteiger partial charge in [-0.05, 0) is 12.3 Å². The third-order valence-electron chi connectivity index (χ3n) is 1.30. The summed E-state index contributed by atoms with van der Waals surface area (Å²) in [6, 6.07) is 0. The number of aliphatic carboxylic acids is 1. The van der Waals surface area contributed by atoms with E-state index >= 15 is 0 Å². The van der Waals surface area contributed by atoms with Crippen LogP contribution in [0.15, 0.2) is 11.6 Å². The second-order valence-corrected chi connectivity index (χ2v) is 2.18. The van der Waals surface area contributed by atoms with Crippen LogP contribution in [0, 0.1) is 5.92 Å². The molecule has 0 radical (unpaired) electrons. The third-order valence-corrected chi connectivity index (χ3v) is 1.30. The van der Waals surface area contributed by atoms with Crippen molar-refractivity contribution in [1.82, 2.24) is 0 Å². The molecule has 1 N–H and O–H groups in total. The Morgan fingerprint density at radius 1 is 2.00 bits per heavy atom. The maximum absolute atomic E-state index is 10.1. The summed E-state index contributed by atoms with van der Waals surface area (Å²) in [7, 11) is 0. The maximum Gasteiger partial charge on any atom is 0.331 e. The molecule has 0 spiro atoms. The molecule has 1 aliphatic carbocycles. The summed E-state index contributed by atoms with van der Waals surface area (Å²) in [5.41, 5.74) is 0.567. The van der Waals surface area contributed by atoms with Crippen molar-refractivity contribution in [3.63, 3.8) is 0 Å². The Labute approximate surface area is 47.8 Å². The number of hydrogen-bond donors (Lipinski definition) is 1. The summed E-state index contributed by atoms with van der Waals surface area (Å²) in [5.74, 6) is -0.274. The van der Waals surface area contributed by atoms with Crippen LogP contribution in [0.4, 0.5) is 0 Å². The van der Waals surface area contributed by atoms with E-state index in [-0.39, 0.29) is 0 Å². The van der Waals surface area contributed by atoms with E-state index in [1.165, 1.54) is 0 Å². The van der Waals surface area contributed by atoms with Crippen LogP contribution in [0.3, 0.4) is 0 Å². The Morgan fingerprint density at radius 3 is 2.62 bits per heavy atom. The molecule has 0 saturated carbocycles. The summed E-state index contributed by atoms with van der Waals surface area (Å²) in [4.78, 5) is 10.1. The van der Waals surface area contributed by atoms with E-state index in [1.54, 1.807) is 6.08 Å².